The molecular formula is C14H21NO2. The molecule has 3 atom stereocenters. The zero-order valence-corrected chi connectivity index (χ0v) is 10.3. The van der Waals surface area contributed by atoms with Gasteiger partial charge in [0.15, 0.2) is 0 Å². The molecule has 1 aliphatic heterocycles. The summed E-state index contributed by atoms with van der Waals surface area (Å²) in [4.78, 5) is 0. The predicted octanol–water partition coefficient (Wildman–Crippen LogP) is 2.35. The van der Waals surface area contributed by atoms with Gasteiger partial charge in [0, 0.05) is 12.1 Å². The Morgan fingerprint density at radius 3 is 2.94 bits per heavy atom. The summed E-state index contributed by atoms with van der Waals surface area (Å²) in [5.41, 5.74) is 0.791. The van der Waals surface area contributed by atoms with Crippen molar-refractivity contribution in [1.29, 1.82) is 0 Å². The first-order valence-electron chi connectivity index (χ1n) is 6.43. The van der Waals surface area contributed by atoms with E-state index in [1.165, 1.54) is 12.8 Å². The van der Waals surface area contributed by atoms with Crippen LogP contribution in [0.2, 0.25) is 0 Å². The summed E-state index contributed by atoms with van der Waals surface area (Å²) in [6.07, 6.45) is 3.95. The van der Waals surface area contributed by atoms with E-state index in [0.29, 0.717) is 6.04 Å². The van der Waals surface area contributed by atoms with Crippen LogP contribution in [0.25, 0.3) is 0 Å². The molecule has 1 saturated heterocycles. The molecule has 94 valence electrons. The predicted molar refractivity (Wildman–Crippen MR) is 67.9 cm³/mol. The van der Waals surface area contributed by atoms with Crippen molar-refractivity contribution < 1.29 is 10.2 Å². The highest BCUT2D eigenvalue weighted by molar-refractivity contribution is 5.29. The molecule has 0 saturated carbocycles. The van der Waals surface area contributed by atoms with Gasteiger partial charge in [-0.05, 0) is 37.0 Å². The Hall–Kier alpha value is -1.06. The van der Waals surface area contributed by atoms with Gasteiger partial charge in [0.05, 0.1) is 6.10 Å². The third-order valence-corrected chi connectivity index (χ3v) is 3.51. The van der Waals surface area contributed by atoms with Crippen molar-refractivity contribution in [3.8, 4) is 5.75 Å². The number of rotatable bonds is 4. The van der Waals surface area contributed by atoms with E-state index in [4.69, 9.17) is 0 Å². The van der Waals surface area contributed by atoms with Crippen molar-refractivity contribution in [2.24, 2.45) is 0 Å². The lowest BCUT2D eigenvalue weighted by Gasteiger charge is -2.20. The lowest BCUT2D eigenvalue weighted by molar-refractivity contribution is 0.134. The van der Waals surface area contributed by atoms with E-state index in [9.17, 15) is 10.2 Å². The molecule has 1 aromatic carbocycles. The highest BCUT2D eigenvalue weighted by Crippen LogP contribution is 2.28. The van der Waals surface area contributed by atoms with Crippen LogP contribution < -0.4 is 5.32 Å². The fraction of sp³-hybridized carbons (Fsp3) is 0.571. The van der Waals surface area contributed by atoms with Crippen molar-refractivity contribution in [2.75, 3.05) is 0 Å². The van der Waals surface area contributed by atoms with E-state index in [1.54, 1.807) is 18.2 Å². The topological polar surface area (TPSA) is 52.5 Å². The average molecular weight is 235 g/mol. The van der Waals surface area contributed by atoms with E-state index in [0.717, 1.165) is 18.4 Å². The quantitative estimate of drug-likeness (QED) is 0.751. The number of aromatic hydroxyl groups is 1. The second-order valence-electron chi connectivity index (χ2n) is 4.88. The molecule has 0 spiro atoms. The van der Waals surface area contributed by atoms with E-state index in [2.05, 4.69) is 12.2 Å². The van der Waals surface area contributed by atoms with Gasteiger partial charge in [-0.1, -0.05) is 25.5 Å². The Bertz CT molecular complexity index is 367. The number of nitrogens with one attached hydrogen (secondary N) is 1. The summed E-state index contributed by atoms with van der Waals surface area (Å²) in [7, 11) is 0. The number of hydrogen-bond acceptors (Lipinski definition) is 3. The first-order valence-corrected chi connectivity index (χ1v) is 6.43. The SMILES string of the molecule is CCC[C@@H]1CC[C@H]([C@H](O)c2cccc(O)c2)N1. The van der Waals surface area contributed by atoms with Crippen LogP contribution in [0.5, 0.6) is 5.75 Å². The number of hydrogen-bond donors (Lipinski definition) is 3. The van der Waals surface area contributed by atoms with Crippen LogP contribution in [-0.2, 0) is 0 Å². The van der Waals surface area contributed by atoms with Crippen molar-refractivity contribution in [3.63, 3.8) is 0 Å². The Morgan fingerprint density at radius 2 is 2.24 bits per heavy atom. The smallest absolute Gasteiger partial charge is 0.115 e. The van der Waals surface area contributed by atoms with Crippen LogP contribution in [0.15, 0.2) is 24.3 Å². The van der Waals surface area contributed by atoms with Crippen LogP contribution in [0.4, 0.5) is 0 Å². The number of aliphatic hydroxyl groups excluding tert-OH is 1. The van der Waals surface area contributed by atoms with Gasteiger partial charge in [0.2, 0.25) is 0 Å². The molecule has 17 heavy (non-hydrogen) atoms. The molecule has 3 nitrogen and oxygen atoms in total. The highest BCUT2D eigenvalue weighted by atomic mass is 16.3. The number of benzene rings is 1. The molecule has 3 N–H and O–H groups in total. The van der Waals surface area contributed by atoms with Gasteiger partial charge in [-0.3, -0.25) is 0 Å². The molecular weight excluding hydrogens is 214 g/mol. The average Bonchev–Trinajstić information content (AvgIpc) is 2.77. The molecule has 1 aromatic rings. The van der Waals surface area contributed by atoms with Crippen LogP contribution >= 0.6 is 0 Å². The lowest BCUT2D eigenvalue weighted by Crippen LogP contribution is -2.33. The van der Waals surface area contributed by atoms with Gasteiger partial charge in [-0.25, -0.2) is 0 Å². The normalized spacial score (nSPS) is 26.0. The lowest BCUT2D eigenvalue weighted by atomic mass is 10.0. The summed E-state index contributed by atoms with van der Waals surface area (Å²) in [6.45, 7) is 2.18. The van der Waals surface area contributed by atoms with Crippen molar-refractivity contribution in [2.45, 2.75) is 50.8 Å². The van der Waals surface area contributed by atoms with Crippen LogP contribution in [-0.4, -0.2) is 22.3 Å². The summed E-state index contributed by atoms with van der Waals surface area (Å²) in [6, 6.07) is 7.55. The maximum Gasteiger partial charge on any atom is 0.115 e. The maximum absolute atomic E-state index is 10.3. The molecule has 0 unspecified atom stereocenters. The van der Waals surface area contributed by atoms with Crippen LogP contribution in [0, 0.1) is 0 Å². The zero-order chi connectivity index (χ0) is 12.3. The number of phenols is 1. The highest BCUT2D eigenvalue weighted by Gasteiger charge is 2.29. The Kier molecular flexibility index (Phi) is 4.02. The van der Waals surface area contributed by atoms with Crippen molar-refractivity contribution in [1.82, 2.24) is 5.32 Å². The fourth-order valence-corrected chi connectivity index (χ4v) is 2.62. The third-order valence-electron chi connectivity index (χ3n) is 3.51. The van der Waals surface area contributed by atoms with Gasteiger partial charge in [0.25, 0.3) is 0 Å². The first kappa shape index (κ1) is 12.4. The Balaban J connectivity index is 1.99. The van der Waals surface area contributed by atoms with E-state index in [1.807, 2.05) is 6.07 Å². The molecule has 3 heteroatoms. The number of phenolic OH excluding ortho intramolecular Hbond substituents is 1. The molecule has 0 aliphatic carbocycles. The van der Waals surface area contributed by atoms with E-state index in [-0.39, 0.29) is 11.8 Å². The molecule has 2 rings (SSSR count). The minimum atomic E-state index is -0.524. The third kappa shape index (κ3) is 2.99. The zero-order valence-electron chi connectivity index (χ0n) is 10.3. The molecule has 0 amide bonds. The Morgan fingerprint density at radius 1 is 1.41 bits per heavy atom. The van der Waals surface area contributed by atoms with Gasteiger partial charge in [-0.15, -0.1) is 0 Å². The van der Waals surface area contributed by atoms with Crippen LogP contribution in [0.1, 0.15) is 44.3 Å². The summed E-state index contributed by atoms with van der Waals surface area (Å²) < 4.78 is 0. The van der Waals surface area contributed by atoms with Crippen molar-refractivity contribution >= 4 is 0 Å². The maximum atomic E-state index is 10.3. The standard InChI is InChI=1S/C14H21NO2/c1-2-4-11-7-8-13(15-11)14(17)10-5-3-6-12(16)9-10/h3,5-6,9,11,13-17H,2,4,7-8H2,1H3/t11-,13-,14-/m1/s1. The van der Waals surface area contributed by atoms with E-state index >= 15 is 0 Å². The summed E-state index contributed by atoms with van der Waals surface area (Å²) >= 11 is 0. The van der Waals surface area contributed by atoms with E-state index < -0.39 is 6.10 Å². The fourth-order valence-electron chi connectivity index (χ4n) is 2.62. The minimum absolute atomic E-state index is 0.119. The molecule has 1 aliphatic rings. The van der Waals surface area contributed by atoms with Crippen molar-refractivity contribution in [3.05, 3.63) is 29.8 Å². The minimum Gasteiger partial charge on any atom is -0.508 e. The molecule has 1 heterocycles. The largest absolute Gasteiger partial charge is 0.508 e. The van der Waals surface area contributed by atoms with Crippen LogP contribution in [0.3, 0.4) is 0 Å². The molecule has 1 fully saturated rings. The van der Waals surface area contributed by atoms with Gasteiger partial charge < -0.3 is 15.5 Å². The van der Waals surface area contributed by atoms with Gasteiger partial charge >= 0.3 is 0 Å². The summed E-state index contributed by atoms with van der Waals surface area (Å²) in [5.74, 6) is 0.213. The second-order valence-corrected chi connectivity index (χ2v) is 4.88. The molecule has 0 bridgehead atoms. The second kappa shape index (κ2) is 5.52. The van der Waals surface area contributed by atoms with Gasteiger partial charge in [-0.2, -0.15) is 0 Å². The molecule has 0 radical (unpaired) electrons. The summed E-state index contributed by atoms with van der Waals surface area (Å²) in [5, 5.41) is 23.1. The van der Waals surface area contributed by atoms with Gasteiger partial charge in [0.1, 0.15) is 5.75 Å². The number of aliphatic hydroxyl groups is 1. The Labute approximate surface area is 102 Å². The molecule has 0 aromatic heterocycles. The first-order chi connectivity index (χ1) is 8.20. The monoisotopic (exact) mass is 235 g/mol.